The number of nitrogens with zero attached hydrogens (tertiary/aromatic N) is 2. The Morgan fingerprint density at radius 1 is 0.488 bits per heavy atom. The van der Waals surface area contributed by atoms with E-state index in [4.69, 9.17) is 0 Å². The van der Waals surface area contributed by atoms with Crippen LogP contribution >= 0.6 is 11.8 Å². The van der Waals surface area contributed by atoms with Crippen molar-refractivity contribution in [2.45, 2.75) is 16.2 Å². The molecule has 7 aromatic rings. The highest BCUT2D eigenvalue weighted by molar-refractivity contribution is 8.00. The molecule has 0 bridgehead atoms. The maximum atomic E-state index is 2.57. The predicted molar refractivity (Wildman–Crippen MR) is 173 cm³/mol. The van der Waals surface area contributed by atoms with Crippen LogP contribution in [0, 0.1) is 0 Å². The van der Waals surface area contributed by atoms with Crippen LogP contribution in [-0.4, -0.2) is 4.57 Å². The molecule has 0 N–H and O–H groups in total. The van der Waals surface area contributed by atoms with Gasteiger partial charge >= 0.3 is 0 Å². The van der Waals surface area contributed by atoms with E-state index >= 15 is 0 Å². The predicted octanol–water partition coefficient (Wildman–Crippen LogP) is 10.5. The molecular weight excluding hydrogens is 516 g/mol. The monoisotopic (exact) mass is 542 g/mol. The Kier molecular flexibility index (Phi) is 4.99. The minimum atomic E-state index is 0.301. The maximum Gasteiger partial charge on any atom is 0.0766 e. The third-order valence-electron chi connectivity index (χ3n) is 8.71. The number of aromatic nitrogens is 1. The van der Waals surface area contributed by atoms with E-state index in [0.717, 1.165) is 0 Å². The number of hydrogen-bond acceptors (Lipinski definition) is 2. The SMILES string of the molecule is c1ccc(N2c3cc(-c4ccc5c(c4)c4ccccc4n5-c4ccccc4)ccc3C3Sc4ccccc4C32)cc1. The van der Waals surface area contributed by atoms with Gasteiger partial charge in [-0.2, -0.15) is 0 Å². The third-order valence-corrected chi connectivity index (χ3v) is 10.1. The van der Waals surface area contributed by atoms with Crippen molar-refractivity contribution in [3.05, 3.63) is 157 Å². The average molecular weight is 543 g/mol. The Balaban J connectivity index is 1.22. The lowest BCUT2D eigenvalue weighted by molar-refractivity contribution is 0.737. The van der Waals surface area contributed by atoms with Crippen molar-refractivity contribution in [2.24, 2.45) is 0 Å². The van der Waals surface area contributed by atoms with Crippen LogP contribution in [0.2, 0.25) is 0 Å². The zero-order valence-corrected chi connectivity index (χ0v) is 23.1. The summed E-state index contributed by atoms with van der Waals surface area (Å²) in [6, 6.07) is 53.6. The molecule has 0 saturated carbocycles. The summed E-state index contributed by atoms with van der Waals surface area (Å²) in [6.45, 7) is 0. The summed E-state index contributed by atoms with van der Waals surface area (Å²) in [5.74, 6) is 0. The van der Waals surface area contributed by atoms with Crippen LogP contribution < -0.4 is 4.90 Å². The van der Waals surface area contributed by atoms with Crippen molar-refractivity contribution in [2.75, 3.05) is 4.90 Å². The summed E-state index contributed by atoms with van der Waals surface area (Å²) in [6.07, 6.45) is 0. The number of fused-ring (bicyclic) bond motifs is 8. The second kappa shape index (κ2) is 8.89. The molecule has 2 atom stereocenters. The summed E-state index contributed by atoms with van der Waals surface area (Å²) in [5.41, 5.74) is 11.6. The van der Waals surface area contributed by atoms with Crippen molar-refractivity contribution < 1.29 is 0 Å². The highest BCUT2D eigenvalue weighted by Gasteiger charge is 2.46. The second-order valence-corrected chi connectivity index (χ2v) is 12.1. The Morgan fingerprint density at radius 3 is 2.00 bits per heavy atom. The van der Waals surface area contributed by atoms with E-state index < -0.39 is 0 Å². The van der Waals surface area contributed by atoms with E-state index in [-0.39, 0.29) is 0 Å². The van der Waals surface area contributed by atoms with Gasteiger partial charge in [-0.1, -0.05) is 91.0 Å². The van der Waals surface area contributed by atoms with Gasteiger partial charge in [-0.3, -0.25) is 0 Å². The van der Waals surface area contributed by atoms with E-state index in [2.05, 4.69) is 155 Å². The molecule has 0 saturated heterocycles. The first-order chi connectivity index (χ1) is 20.3. The Bertz CT molecular complexity index is 2090. The number of hydrogen-bond donors (Lipinski definition) is 0. The van der Waals surface area contributed by atoms with Gasteiger partial charge in [-0.25, -0.2) is 0 Å². The topological polar surface area (TPSA) is 8.17 Å². The van der Waals surface area contributed by atoms with Gasteiger partial charge in [0.05, 0.1) is 22.3 Å². The van der Waals surface area contributed by atoms with E-state index in [9.17, 15) is 0 Å². The molecule has 3 heteroatoms. The Hall–Kier alpha value is -4.73. The van der Waals surface area contributed by atoms with Crippen molar-refractivity contribution in [1.29, 1.82) is 0 Å². The van der Waals surface area contributed by atoms with Gasteiger partial charge in [0.25, 0.3) is 0 Å². The lowest BCUT2D eigenvalue weighted by atomic mass is 9.99. The van der Waals surface area contributed by atoms with E-state index in [0.29, 0.717) is 11.3 Å². The van der Waals surface area contributed by atoms with Gasteiger partial charge in [0.2, 0.25) is 0 Å². The van der Waals surface area contributed by atoms with E-state index in [1.165, 1.54) is 66.0 Å². The largest absolute Gasteiger partial charge is 0.332 e. The van der Waals surface area contributed by atoms with Crippen LogP contribution in [0.1, 0.15) is 22.4 Å². The first-order valence-corrected chi connectivity index (χ1v) is 15.1. The zero-order valence-electron chi connectivity index (χ0n) is 22.3. The first-order valence-electron chi connectivity index (χ1n) is 14.2. The molecule has 2 aliphatic rings. The highest BCUT2D eigenvalue weighted by atomic mass is 32.2. The van der Waals surface area contributed by atoms with Gasteiger partial charge in [-0.15, -0.1) is 11.8 Å². The standard InChI is InChI=1S/C38H26N2S/c1-3-11-27(12-4-1)39-33-17-9-7-15-29(33)32-23-25(20-22-34(32)39)26-19-21-30-35(24-26)40(28-13-5-2-6-14-28)37-31-16-8-10-18-36(31)41-38(30)37/h1-24,37-38H. The molecule has 0 aliphatic carbocycles. The van der Waals surface area contributed by atoms with Gasteiger partial charge in [-0.05, 0) is 76.9 Å². The van der Waals surface area contributed by atoms with Crippen LogP contribution in [0.4, 0.5) is 11.4 Å². The van der Waals surface area contributed by atoms with Crippen LogP contribution in [-0.2, 0) is 0 Å². The number of anilines is 2. The summed E-state index contributed by atoms with van der Waals surface area (Å²) in [7, 11) is 0. The van der Waals surface area contributed by atoms with Crippen molar-refractivity contribution >= 4 is 44.9 Å². The molecule has 1 aromatic heterocycles. The zero-order chi connectivity index (χ0) is 26.9. The molecule has 0 radical (unpaired) electrons. The van der Waals surface area contributed by atoms with Crippen LogP contribution in [0.25, 0.3) is 38.6 Å². The fourth-order valence-corrected chi connectivity index (χ4v) is 8.40. The first kappa shape index (κ1) is 23.0. The Labute approximate surface area is 243 Å². The second-order valence-electron chi connectivity index (χ2n) is 10.9. The minimum absolute atomic E-state index is 0.301. The number of benzene rings is 6. The lowest BCUT2D eigenvalue weighted by Crippen LogP contribution is -2.19. The molecular formula is C38H26N2S. The normalized spacial score (nSPS) is 17.1. The highest BCUT2D eigenvalue weighted by Crippen LogP contribution is 2.64. The third kappa shape index (κ3) is 3.39. The van der Waals surface area contributed by atoms with Crippen LogP contribution in [0.15, 0.2) is 150 Å². The number of thioether (sulfide) groups is 1. The van der Waals surface area contributed by atoms with Gasteiger partial charge < -0.3 is 9.47 Å². The summed E-state index contributed by atoms with van der Waals surface area (Å²) in [5, 5.41) is 2.95. The molecule has 41 heavy (non-hydrogen) atoms. The van der Waals surface area contributed by atoms with Gasteiger partial charge in [0.15, 0.2) is 0 Å². The molecule has 0 spiro atoms. The molecule has 0 fully saturated rings. The minimum Gasteiger partial charge on any atom is -0.332 e. The fraction of sp³-hybridized carbons (Fsp3) is 0.0526. The van der Waals surface area contributed by atoms with Gasteiger partial charge in [0.1, 0.15) is 0 Å². The number of para-hydroxylation sites is 3. The molecule has 2 aliphatic heterocycles. The smallest absolute Gasteiger partial charge is 0.0766 e. The van der Waals surface area contributed by atoms with Crippen LogP contribution in [0.5, 0.6) is 0 Å². The van der Waals surface area contributed by atoms with Crippen molar-refractivity contribution in [1.82, 2.24) is 4.57 Å². The molecule has 9 rings (SSSR count). The van der Waals surface area contributed by atoms with E-state index in [1.807, 2.05) is 11.8 Å². The molecule has 6 aromatic carbocycles. The van der Waals surface area contributed by atoms with Gasteiger partial charge in [0, 0.05) is 32.7 Å². The lowest BCUT2D eigenvalue weighted by Gasteiger charge is -2.28. The molecule has 0 amide bonds. The molecule has 194 valence electrons. The Morgan fingerprint density at radius 2 is 1.15 bits per heavy atom. The molecule has 2 nitrogen and oxygen atoms in total. The number of rotatable bonds is 3. The summed E-state index contributed by atoms with van der Waals surface area (Å²) in [4.78, 5) is 3.97. The van der Waals surface area contributed by atoms with E-state index in [1.54, 1.807) is 0 Å². The molecule has 2 unspecified atom stereocenters. The molecule has 3 heterocycles. The summed E-state index contributed by atoms with van der Waals surface area (Å²) < 4.78 is 2.38. The average Bonchev–Trinajstić information content (AvgIpc) is 3.68. The summed E-state index contributed by atoms with van der Waals surface area (Å²) >= 11 is 2.01. The van der Waals surface area contributed by atoms with Crippen LogP contribution in [0.3, 0.4) is 0 Å². The van der Waals surface area contributed by atoms with Crippen molar-refractivity contribution in [3.63, 3.8) is 0 Å². The maximum absolute atomic E-state index is 2.57. The quantitative estimate of drug-likeness (QED) is 0.219. The van der Waals surface area contributed by atoms with Crippen molar-refractivity contribution in [3.8, 4) is 16.8 Å². The fourth-order valence-electron chi connectivity index (χ4n) is 6.92.